The Morgan fingerprint density at radius 2 is 2.17 bits per heavy atom. The Morgan fingerprint density at radius 1 is 1.34 bits per heavy atom. The molecular formula is C22H23N2O5+. The lowest BCUT2D eigenvalue weighted by Gasteiger charge is -2.30. The van der Waals surface area contributed by atoms with Crippen LogP contribution in [0, 0.1) is 11.8 Å². The van der Waals surface area contributed by atoms with E-state index in [2.05, 4.69) is 18.9 Å². The average Bonchev–Trinajstić information content (AvgIpc) is 3.19. The Balaban J connectivity index is 1.59. The number of hydrogen-bond acceptors (Lipinski definition) is 5. The van der Waals surface area contributed by atoms with Gasteiger partial charge in [-0.3, -0.25) is 4.79 Å². The second-order valence-electron chi connectivity index (χ2n) is 6.97. The number of hydrogen-bond donors (Lipinski definition) is 2. The Kier molecular flexibility index (Phi) is 5.19. The van der Waals surface area contributed by atoms with Crippen LogP contribution >= 0.6 is 0 Å². The molecule has 0 saturated carbocycles. The van der Waals surface area contributed by atoms with Gasteiger partial charge in [-0.25, -0.2) is 0 Å². The summed E-state index contributed by atoms with van der Waals surface area (Å²) in [5.74, 6) is 8.34. The zero-order valence-electron chi connectivity index (χ0n) is 16.4. The van der Waals surface area contributed by atoms with Crippen LogP contribution < -0.4 is 29.6 Å². The molecule has 0 aliphatic carbocycles. The predicted molar refractivity (Wildman–Crippen MR) is 106 cm³/mol. The number of methoxy groups -OCH3 is 1. The monoisotopic (exact) mass is 395 g/mol. The van der Waals surface area contributed by atoms with Gasteiger partial charge in [-0.2, -0.15) is 0 Å². The van der Waals surface area contributed by atoms with Gasteiger partial charge in [-0.15, -0.1) is 0 Å². The summed E-state index contributed by atoms with van der Waals surface area (Å²) >= 11 is 0. The van der Waals surface area contributed by atoms with Crippen LogP contribution in [0.4, 0.5) is 0 Å². The minimum absolute atomic E-state index is 0.0850. The number of ether oxygens (including phenoxy) is 4. The third kappa shape index (κ3) is 3.55. The zero-order chi connectivity index (χ0) is 20.4. The maximum absolute atomic E-state index is 11.5. The van der Waals surface area contributed by atoms with E-state index in [0.717, 1.165) is 29.8 Å². The highest BCUT2D eigenvalue weighted by Crippen LogP contribution is 2.47. The molecule has 4 rings (SSSR count). The van der Waals surface area contributed by atoms with Crippen LogP contribution in [-0.2, 0) is 6.42 Å². The van der Waals surface area contributed by atoms with Crippen molar-refractivity contribution in [1.82, 2.24) is 0 Å². The van der Waals surface area contributed by atoms with E-state index in [9.17, 15) is 4.79 Å². The van der Waals surface area contributed by atoms with E-state index in [1.165, 1.54) is 4.90 Å². The molecule has 2 heterocycles. The Bertz CT molecular complexity index is 1010. The molecule has 0 saturated heterocycles. The number of benzene rings is 2. The lowest BCUT2D eigenvalue weighted by molar-refractivity contribution is -0.905. The van der Waals surface area contributed by atoms with Gasteiger partial charge in [-0.1, -0.05) is 18.1 Å². The number of nitrogens with two attached hydrogens (primary N) is 1. The fourth-order valence-electron chi connectivity index (χ4n) is 3.77. The van der Waals surface area contributed by atoms with Crippen LogP contribution in [0.1, 0.15) is 27.5 Å². The minimum Gasteiger partial charge on any atom is -0.492 e. The number of rotatable bonds is 4. The fraction of sp³-hybridized carbons (Fsp3) is 0.318. The molecule has 0 aromatic heterocycles. The number of carbonyl (C=O) groups excluding carboxylic acids is 1. The first-order chi connectivity index (χ1) is 14.1. The standard InChI is InChI=1S/C22H22N2O5/c1-24-10-9-14-12-18-20(29-13-28-18)21(26-2)19(14)16(24)7-5-11-27-17-8-4-3-6-15(17)22(23)25/h3-4,6,8,12,16H,9-11,13H2,1-2H3,(H2,23,25)/p+1/t16-/m1/s1. The van der Waals surface area contributed by atoms with Gasteiger partial charge in [0.1, 0.15) is 12.4 Å². The maximum atomic E-state index is 11.5. The summed E-state index contributed by atoms with van der Waals surface area (Å²) in [7, 11) is 3.74. The van der Waals surface area contributed by atoms with Crippen molar-refractivity contribution in [1.29, 1.82) is 0 Å². The van der Waals surface area contributed by atoms with Crippen molar-refractivity contribution in [2.45, 2.75) is 12.5 Å². The van der Waals surface area contributed by atoms with Crippen molar-refractivity contribution < 1.29 is 28.6 Å². The minimum atomic E-state index is -0.528. The number of primary amides is 1. The molecule has 0 spiro atoms. The molecule has 2 aromatic carbocycles. The molecule has 7 heteroatoms. The zero-order valence-corrected chi connectivity index (χ0v) is 16.4. The first kappa shape index (κ1) is 19.0. The third-order valence-corrected chi connectivity index (χ3v) is 5.22. The average molecular weight is 395 g/mol. The topological polar surface area (TPSA) is 84.5 Å². The molecule has 1 unspecified atom stereocenters. The summed E-state index contributed by atoms with van der Waals surface area (Å²) in [5.41, 5.74) is 7.93. The molecule has 2 aliphatic heterocycles. The van der Waals surface area contributed by atoms with Crippen molar-refractivity contribution >= 4 is 5.91 Å². The van der Waals surface area contributed by atoms with E-state index < -0.39 is 5.91 Å². The number of amides is 1. The highest BCUT2D eigenvalue weighted by atomic mass is 16.7. The smallest absolute Gasteiger partial charge is 0.252 e. The van der Waals surface area contributed by atoms with E-state index in [1.54, 1.807) is 31.4 Å². The number of para-hydroxylation sites is 1. The number of fused-ring (bicyclic) bond motifs is 2. The van der Waals surface area contributed by atoms with Crippen LogP contribution in [0.5, 0.6) is 23.0 Å². The van der Waals surface area contributed by atoms with Gasteiger partial charge < -0.3 is 29.6 Å². The molecule has 0 fully saturated rings. The SMILES string of the molecule is COc1c2c(cc3c1[C@@H](C#CCOc1ccccc1C(N)=O)[NH+](C)CC3)OCO2. The fourth-order valence-corrected chi connectivity index (χ4v) is 3.77. The van der Waals surface area contributed by atoms with Gasteiger partial charge in [0.05, 0.1) is 31.8 Å². The summed E-state index contributed by atoms with van der Waals surface area (Å²) in [4.78, 5) is 12.8. The molecule has 1 amide bonds. The molecule has 7 nitrogen and oxygen atoms in total. The summed E-state index contributed by atoms with van der Waals surface area (Å²) < 4.78 is 22.5. The van der Waals surface area contributed by atoms with E-state index in [0.29, 0.717) is 22.8 Å². The van der Waals surface area contributed by atoms with E-state index in [-0.39, 0.29) is 19.4 Å². The van der Waals surface area contributed by atoms with Gasteiger partial charge in [0.15, 0.2) is 17.5 Å². The molecule has 3 N–H and O–H groups in total. The second kappa shape index (κ2) is 7.94. The Morgan fingerprint density at radius 3 is 2.97 bits per heavy atom. The van der Waals surface area contributed by atoms with Gasteiger partial charge in [0.2, 0.25) is 12.5 Å². The molecule has 29 heavy (non-hydrogen) atoms. The van der Waals surface area contributed by atoms with Crippen LogP contribution in [0.15, 0.2) is 30.3 Å². The summed E-state index contributed by atoms with van der Waals surface area (Å²) in [5, 5.41) is 0. The van der Waals surface area contributed by atoms with Crippen LogP contribution in [0.25, 0.3) is 0 Å². The van der Waals surface area contributed by atoms with Crippen molar-refractivity contribution in [2.24, 2.45) is 5.73 Å². The third-order valence-electron chi connectivity index (χ3n) is 5.22. The van der Waals surface area contributed by atoms with Crippen molar-refractivity contribution in [2.75, 3.05) is 34.1 Å². The Labute approximate surface area is 169 Å². The van der Waals surface area contributed by atoms with Crippen LogP contribution in [-0.4, -0.2) is 40.0 Å². The first-order valence-electron chi connectivity index (χ1n) is 9.41. The highest BCUT2D eigenvalue weighted by molar-refractivity contribution is 5.95. The number of likely N-dealkylation sites (N-methyl/N-ethyl adjacent to an activating group) is 1. The summed E-state index contributed by atoms with van der Waals surface area (Å²) in [6.07, 6.45) is 0.912. The van der Waals surface area contributed by atoms with Crippen molar-refractivity contribution in [3.8, 4) is 34.8 Å². The molecule has 0 bridgehead atoms. The Hall–Kier alpha value is -3.37. The van der Waals surface area contributed by atoms with Crippen LogP contribution in [0.2, 0.25) is 0 Å². The lowest BCUT2D eigenvalue weighted by Crippen LogP contribution is -3.10. The molecule has 0 radical (unpaired) electrons. The molecular weight excluding hydrogens is 372 g/mol. The van der Waals surface area contributed by atoms with E-state index >= 15 is 0 Å². The lowest BCUT2D eigenvalue weighted by atomic mass is 9.91. The van der Waals surface area contributed by atoms with E-state index in [4.69, 9.17) is 24.7 Å². The largest absolute Gasteiger partial charge is 0.492 e. The molecule has 150 valence electrons. The highest BCUT2D eigenvalue weighted by Gasteiger charge is 2.35. The van der Waals surface area contributed by atoms with Crippen molar-refractivity contribution in [3.05, 3.63) is 47.0 Å². The quantitative estimate of drug-likeness (QED) is 0.746. The number of nitrogens with one attached hydrogen (secondary N) is 1. The first-order valence-corrected chi connectivity index (χ1v) is 9.41. The second-order valence-corrected chi connectivity index (χ2v) is 6.97. The van der Waals surface area contributed by atoms with Gasteiger partial charge >= 0.3 is 0 Å². The van der Waals surface area contributed by atoms with E-state index in [1.807, 2.05) is 6.07 Å². The number of carbonyl (C=O) groups is 1. The van der Waals surface area contributed by atoms with Gasteiger partial charge in [-0.05, 0) is 29.7 Å². The van der Waals surface area contributed by atoms with Crippen LogP contribution in [0.3, 0.4) is 0 Å². The van der Waals surface area contributed by atoms with Gasteiger partial charge in [0.25, 0.3) is 5.91 Å². The maximum Gasteiger partial charge on any atom is 0.252 e. The normalized spacial score (nSPS) is 19.0. The van der Waals surface area contributed by atoms with Gasteiger partial charge in [0, 0.05) is 6.42 Å². The predicted octanol–water partition coefficient (Wildman–Crippen LogP) is 0.717. The molecule has 2 aromatic rings. The van der Waals surface area contributed by atoms with Crippen molar-refractivity contribution in [3.63, 3.8) is 0 Å². The molecule has 2 atom stereocenters. The summed E-state index contributed by atoms with van der Waals surface area (Å²) in [6.45, 7) is 1.29. The number of quaternary nitrogens is 1. The molecule has 2 aliphatic rings. The summed E-state index contributed by atoms with van der Waals surface area (Å²) in [6, 6.07) is 8.82.